The van der Waals surface area contributed by atoms with E-state index in [9.17, 15) is 4.39 Å². The number of hydrogen-bond donors (Lipinski definition) is 1. The van der Waals surface area contributed by atoms with Gasteiger partial charge in [-0.1, -0.05) is 35.9 Å². The van der Waals surface area contributed by atoms with Crippen LogP contribution >= 0.6 is 0 Å². The second kappa shape index (κ2) is 6.03. The maximum Gasteiger partial charge on any atom is 0.123 e. The number of nitriles is 1. The van der Waals surface area contributed by atoms with Gasteiger partial charge in [0.15, 0.2) is 0 Å². The minimum atomic E-state index is -0.235. The third-order valence-electron chi connectivity index (χ3n) is 3.06. The molecule has 0 aliphatic heterocycles. The lowest BCUT2D eigenvalue weighted by Crippen LogP contribution is -1.94. The van der Waals surface area contributed by atoms with E-state index >= 15 is 0 Å². The first-order chi connectivity index (χ1) is 9.60. The molecule has 0 aliphatic rings. The molecule has 0 spiro atoms. The van der Waals surface area contributed by atoms with Crippen molar-refractivity contribution in [1.29, 1.82) is 5.26 Å². The highest BCUT2D eigenvalue weighted by atomic mass is 19.1. The van der Waals surface area contributed by atoms with E-state index in [-0.39, 0.29) is 5.82 Å². The fraction of sp³-hybridized carbons (Fsp3) is 0.118. The molecule has 0 amide bonds. The summed E-state index contributed by atoms with van der Waals surface area (Å²) in [5, 5.41) is 8.95. The van der Waals surface area contributed by atoms with Gasteiger partial charge < -0.3 is 5.73 Å². The molecule has 2 nitrogen and oxygen atoms in total. The normalized spacial score (nSPS) is 11.2. The van der Waals surface area contributed by atoms with E-state index in [1.54, 1.807) is 18.2 Å². The third kappa shape index (κ3) is 3.24. The predicted molar refractivity (Wildman–Crippen MR) is 79.3 cm³/mol. The first-order valence-corrected chi connectivity index (χ1v) is 6.30. The molecule has 2 N–H and O–H groups in total. The molecule has 100 valence electrons. The molecule has 0 radical (unpaired) electrons. The van der Waals surface area contributed by atoms with Crippen molar-refractivity contribution in [2.24, 2.45) is 0 Å². The van der Waals surface area contributed by atoms with E-state index in [0.717, 1.165) is 23.1 Å². The first kappa shape index (κ1) is 13.8. The van der Waals surface area contributed by atoms with E-state index in [0.29, 0.717) is 11.3 Å². The number of nitrogen functional groups attached to an aromatic ring is 1. The van der Waals surface area contributed by atoms with Crippen LogP contribution < -0.4 is 5.73 Å². The Morgan fingerprint density at radius 2 is 1.95 bits per heavy atom. The predicted octanol–water partition coefficient (Wildman–Crippen LogP) is 3.93. The number of allylic oxidation sites excluding steroid dienone is 1. The van der Waals surface area contributed by atoms with Crippen LogP contribution in [0.4, 0.5) is 10.1 Å². The molecule has 0 bridgehead atoms. The van der Waals surface area contributed by atoms with E-state index < -0.39 is 0 Å². The fourth-order valence-electron chi connectivity index (χ4n) is 2.05. The highest BCUT2D eigenvalue weighted by Gasteiger charge is 2.03. The minimum absolute atomic E-state index is 0.235. The average Bonchev–Trinajstić information content (AvgIpc) is 2.44. The van der Waals surface area contributed by atoms with Gasteiger partial charge in [0.2, 0.25) is 0 Å². The van der Waals surface area contributed by atoms with Crippen LogP contribution in [0.25, 0.3) is 6.08 Å². The number of benzene rings is 2. The zero-order valence-corrected chi connectivity index (χ0v) is 11.2. The van der Waals surface area contributed by atoms with Crippen LogP contribution in [-0.2, 0) is 6.42 Å². The Kier molecular flexibility index (Phi) is 4.17. The Hall–Kier alpha value is -2.60. The second-order valence-electron chi connectivity index (χ2n) is 4.71. The van der Waals surface area contributed by atoms with Crippen LogP contribution in [0.2, 0.25) is 0 Å². The van der Waals surface area contributed by atoms with Crippen molar-refractivity contribution in [2.75, 3.05) is 5.73 Å². The van der Waals surface area contributed by atoms with E-state index in [1.165, 1.54) is 12.1 Å². The summed E-state index contributed by atoms with van der Waals surface area (Å²) in [6.07, 6.45) is 2.68. The number of nitrogens with two attached hydrogens (primary N) is 1. The number of nitrogens with zero attached hydrogens (tertiary/aromatic N) is 1. The van der Waals surface area contributed by atoms with Gasteiger partial charge in [-0.3, -0.25) is 0 Å². The SMILES string of the molecule is C/C(=C\c1cccc(C#N)c1N)Cc1ccc(F)cc1. The van der Waals surface area contributed by atoms with Crippen molar-refractivity contribution in [3.05, 3.63) is 70.5 Å². The monoisotopic (exact) mass is 266 g/mol. The summed E-state index contributed by atoms with van der Waals surface area (Å²) in [6, 6.07) is 13.9. The summed E-state index contributed by atoms with van der Waals surface area (Å²) in [5.41, 5.74) is 9.88. The molecule has 0 aromatic heterocycles. The van der Waals surface area contributed by atoms with Gasteiger partial charge in [0.25, 0.3) is 0 Å². The molecule has 0 heterocycles. The van der Waals surface area contributed by atoms with Crippen molar-refractivity contribution < 1.29 is 4.39 Å². The molecule has 0 fully saturated rings. The molecule has 20 heavy (non-hydrogen) atoms. The van der Waals surface area contributed by atoms with Gasteiger partial charge in [0.05, 0.1) is 11.3 Å². The molecule has 0 aliphatic carbocycles. The lowest BCUT2D eigenvalue weighted by molar-refractivity contribution is 0.627. The number of hydrogen-bond acceptors (Lipinski definition) is 2. The Bertz CT molecular complexity index is 679. The molecular weight excluding hydrogens is 251 g/mol. The van der Waals surface area contributed by atoms with E-state index in [4.69, 9.17) is 11.0 Å². The largest absolute Gasteiger partial charge is 0.397 e. The van der Waals surface area contributed by atoms with Crippen LogP contribution in [0.5, 0.6) is 0 Å². The summed E-state index contributed by atoms with van der Waals surface area (Å²) >= 11 is 0. The maximum absolute atomic E-state index is 12.8. The van der Waals surface area contributed by atoms with Crippen molar-refractivity contribution in [2.45, 2.75) is 13.3 Å². The highest BCUT2D eigenvalue weighted by molar-refractivity contribution is 5.71. The Balaban J connectivity index is 2.23. The van der Waals surface area contributed by atoms with E-state index in [1.807, 2.05) is 25.1 Å². The minimum Gasteiger partial charge on any atom is -0.397 e. The maximum atomic E-state index is 12.8. The molecular formula is C17H15FN2. The molecule has 0 saturated heterocycles. The summed E-state index contributed by atoms with van der Waals surface area (Å²) in [7, 11) is 0. The van der Waals surface area contributed by atoms with Gasteiger partial charge >= 0.3 is 0 Å². The van der Waals surface area contributed by atoms with Crippen LogP contribution in [-0.4, -0.2) is 0 Å². The van der Waals surface area contributed by atoms with Crippen LogP contribution in [0.3, 0.4) is 0 Å². The molecule has 2 aromatic carbocycles. The van der Waals surface area contributed by atoms with Crippen molar-refractivity contribution in [1.82, 2.24) is 0 Å². The zero-order chi connectivity index (χ0) is 14.5. The van der Waals surface area contributed by atoms with Gasteiger partial charge in [0, 0.05) is 0 Å². The summed E-state index contributed by atoms with van der Waals surface area (Å²) < 4.78 is 12.8. The number of halogens is 1. The van der Waals surface area contributed by atoms with Gasteiger partial charge in [-0.15, -0.1) is 0 Å². The quantitative estimate of drug-likeness (QED) is 0.856. The van der Waals surface area contributed by atoms with Crippen LogP contribution in [0.1, 0.15) is 23.6 Å². The summed E-state index contributed by atoms with van der Waals surface area (Å²) in [4.78, 5) is 0. The van der Waals surface area contributed by atoms with Crippen molar-refractivity contribution in [3.8, 4) is 6.07 Å². The van der Waals surface area contributed by atoms with Gasteiger partial charge in [-0.2, -0.15) is 5.26 Å². The van der Waals surface area contributed by atoms with Gasteiger partial charge in [-0.25, -0.2) is 4.39 Å². The smallest absolute Gasteiger partial charge is 0.123 e. The fourth-order valence-corrected chi connectivity index (χ4v) is 2.05. The summed E-state index contributed by atoms with van der Waals surface area (Å²) in [5.74, 6) is -0.235. The standard InChI is InChI=1S/C17H15FN2/c1-12(9-13-5-7-16(18)8-6-13)10-14-3-2-4-15(11-19)17(14)20/h2-8,10H,9,20H2,1H3/b12-10+. The zero-order valence-electron chi connectivity index (χ0n) is 11.2. The van der Waals surface area contributed by atoms with Gasteiger partial charge in [-0.05, 0) is 42.7 Å². The number of anilines is 1. The first-order valence-electron chi connectivity index (χ1n) is 6.30. The van der Waals surface area contributed by atoms with Crippen LogP contribution in [0, 0.1) is 17.1 Å². The molecule has 2 rings (SSSR count). The Morgan fingerprint density at radius 1 is 1.25 bits per heavy atom. The summed E-state index contributed by atoms with van der Waals surface area (Å²) in [6.45, 7) is 1.99. The third-order valence-corrected chi connectivity index (χ3v) is 3.06. The average molecular weight is 266 g/mol. The van der Waals surface area contributed by atoms with Crippen molar-refractivity contribution in [3.63, 3.8) is 0 Å². The van der Waals surface area contributed by atoms with Gasteiger partial charge in [0.1, 0.15) is 11.9 Å². The molecule has 2 aromatic rings. The number of para-hydroxylation sites is 1. The van der Waals surface area contributed by atoms with Crippen LogP contribution in [0.15, 0.2) is 48.0 Å². The Morgan fingerprint density at radius 3 is 2.60 bits per heavy atom. The lowest BCUT2D eigenvalue weighted by Gasteiger charge is -2.06. The topological polar surface area (TPSA) is 49.8 Å². The van der Waals surface area contributed by atoms with E-state index in [2.05, 4.69) is 6.07 Å². The lowest BCUT2D eigenvalue weighted by atomic mass is 10.0. The highest BCUT2D eigenvalue weighted by Crippen LogP contribution is 2.21. The molecule has 0 atom stereocenters. The second-order valence-corrected chi connectivity index (χ2v) is 4.71. The number of rotatable bonds is 3. The molecule has 0 unspecified atom stereocenters. The van der Waals surface area contributed by atoms with Crippen molar-refractivity contribution >= 4 is 11.8 Å². The molecule has 3 heteroatoms. The Labute approximate surface area is 118 Å². The molecule has 0 saturated carbocycles.